The fourth-order valence-electron chi connectivity index (χ4n) is 2.46. The molecule has 26 heavy (non-hydrogen) atoms. The van der Waals surface area contributed by atoms with Crippen molar-refractivity contribution < 1.29 is 22.4 Å². The Morgan fingerprint density at radius 2 is 1.85 bits per heavy atom. The number of benzene rings is 2. The smallest absolute Gasteiger partial charge is 0.257 e. The minimum atomic E-state index is -3.72. The van der Waals surface area contributed by atoms with Crippen LogP contribution in [0.2, 0.25) is 10.0 Å². The van der Waals surface area contributed by atoms with Crippen LogP contribution in [0.4, 0.5) is 15.8 Å². The maximum absolute atomic E-state index is 13.2. The highest BCUT2D eigenvalue weighted by atomic mass is 35.5. The Kier molecular flexibility index (Phi) is 4.92. The van der Waals surface area contributed by atoms with Crippen molar-refractivity contribution in [3.8, 4) is 0 Å². The van der Waals surface area contributed by atoms with Gasteiger partial charge in [-0.2, -0.15) is 0 Å². The van der Waals surface area contributed by atoms with Gasteiger partial charge in [-0.25, -0.2) is 17.1 Å². The molecule has 2 aromatic rings. The molecule has 0 bridgehead atoms. The largest absolute Gasteiger partial charge is 0.322 e. The lowest BCUT2D eigenvalue weighted by molar-refractivity contribution is -0.116. The second-order valence-electron chi connectivity index (χ2n) is 5.47. The van der Waals surface area contributed by atoms with Crippen molar-refractivity contribution in [1.82, 2.24) is 0 Å². The Morgan fingerprint density at radius 3 is 2.42 bits per heavy atom. The molecule has 2 aromatic carbocycles. The third kappa shape index (κ3) is 3.53. The molecule has 1 aliphatic rings. The first-order valence-electron chi connectivity index (χ1n) is 7.31. The van der Waals surface area contributed by atoms with Crippen LogP contribution >= 0.6 is 23.2 Å². The summed E-state index contributed by atoms with van der Waals surface area (Å²) in [6.45, 7) is 0. The first kappa shape index (κ1) is 18.6. The molecule has 1 N–H and O–H groups in total. The predicted octanol–water partition coefficient (Wildman–Crippen LogP) is 3.45. The molecule has 6 nitrogen and oxygen atoms in total. The van der Waals surface area contributed by atoms with Gasteiger partial charge in [0, 0.05) is 12.1 Å². The average molecular weight is 417 g/mol. The molecule has 0 aromatic heterocycles. The molecule has 1 heterocycles. The van der Waals surface area contributed by atoms with E-state index in [2.05, 4.69) is 5.32 Å². The van der Waals surface area contributed by atoms with E-state index < -0.39 is 27.7 Å². The summed E-state index contributed by atoms with van der Waals surface area (Å²) in [7, 11) is -3.72. The summed E-state index contributed by atoms with van der Waals surface area (Å²) in [5.41, 5.74) is 0.387. The maximum atomic E-state index is 13.2. The lowest BCUT2D eigenvalue weighted by Crippen LogP contribution is -2.29. The minimum Gasteiger partial charge on any atom is -0.322 e. The highest BCUT2D eigenvalue weighted by Crippen LogP contribution is 2.30. The van der Waals surface area contributed by atoms with Crippen LogP contribution < -0.4 is 9.62 Å². The van der Waals surface area contributed by atoms with Gasteiger partial charge < -0.3 is 5.32 Å². The Balaban J connectivity index is 1.86. The van der Waals surface area contributed by atoms with Crippen molar-refractivity contribution in [2.45, 2.75) is 6.42 Å². The Hall–Kier alpha value is -2.16. The molecule has 0 aliphatic carbocycles. The number of hydrogen-bond acceptors (Lipinski definition) is 4. The quantitative estimate of drug-likeness (QED) is 0.830. The van der Waals surface area contributed by atoms with E-state index in [1.807, 2.05) is 0 Å². The number of hydrogen-bond donors (Lipinski definition) is 1. The van der Waals surface area contributed by atoms with E-state index >= 15 is 0 Å². The van der Waals surface area contributed by atoms with E-state index in [0.29, 0.717) is 4.31 Å². The topological polar surface area (TPSA) is 83.6 Å². The molecular formula is C16H11Cl2FN2O4S. The van der Waals surface area contributed by atoms with Gasteiger partial charge in [-0.05, 0) is 36.4 Å². The molecule has 1 aliphatic heterocycles. The summed E-state index contributed by atoms with van der Waals surface area (Å²) in [5.74, 6) is -2.04. The van der Waals surface area contributed by atoms with Crippen molar-refractivity contribution in [1.29, 1.82) is 0 Å². The monoisotopic (exact) mass is 416 g/mol. The number of nitrogens with one attached hydrogen (secondary N) is 1. The molecule has 0 atom stereocenters. The highest BCUT2D eigenvalue weighted by Gasteiger charge is 2.36. The molecule has 136 valence electrons. The number of carbonyl (C=O) groups excluding carboxylic acids is 2. The van der Waals surface area contributed by atoms with E-state index in [4.69, 9.17) is 23.2 Å². The molecule has 1 saturated heterocycles. The van der Waals surface area contributed by atoms with E-state index in [1.165, 1.54) is 30.3 Å². The summed E-state index contributed by atoms with van der Waals surface area (Å²) in [6, 6.07) is 7.53. The average Bonchev–Trinajstić information content (AvgIpc) is 2.83. The normalized spacial score (nSPS) is 16.0. The zero-order chi connectivity index (χ0) is 19.1. The molecule has 0 saturated carbocycles. The molecule has 0 unspecified atom stereocenters. The first-order valence-corrected chi connectivity index (χ1v) is 9.67. The molecule has 0 radical (unpaired) electrons. The van der Waals surface area contributed by atoms with E-state index in [0.717, 1.165) is 6.07 Å². The van der Waals surface area contributed by atoms with E-state index in [9.17, 15) is 22.4 Å². The second kappa shape index (κ2) is 6.86. The Bertz CT molecular complexity index is 1030. The van der Waals surface area contributed by atoms with Crippen LogP contribution in [0.1, 0.15) is 16.8 Å². The van der Waals surface area contributed by atoms with Crippen molar-refractivity contribution in [3.63, 3.8) is 0 Å². The number of rotatable bonds is 3. The SMILES string of the molecule is O=C(Nc1ccc(F)c(Cl)c1)c1ccc(N2C(=O)CCS2(=O)=O)cc1Cl. The van der Waals surface area contributed by atoms with Gasteiger partial charge in [0.05, 0.1) is 27.0 Å². The lowest BCUT2D eigenvalue weighted by Gasteiger charge is -2.16. The van der Waals surface area contributed by atoms with Crippen molar-refractivity contribution in [2.75, 3.05) is 15.4 Å². The minimum absolute atomic E-state index is 0.0388. The summed E-state index contributed by atoms with van der Waals surface area (Å²) in [4.78, 5) is 24.1. The standard InChI is InChI=1S/C16H11Cl2FN2O4S/c17-12-8-10(21-15(22)5-6-26(21,24)25)2-3-11(12)16(23)20-9-1-4-14(19)13(18)7-9/h1-4,7-8H,5-6H2,(H,20,23). The molecule has 1 fully saturated rings. The van der Waals surface area contributed by atoms with Gasteiger partial charge in [0.2, 0.25) is 15.9 Å². The Labute approximate surface area is 158 Å². The lowest BCUT2D eigenvalue weighted by atomic mass is 10.1. The molecule has 10 heteroatoms. The number of halogens is 3. The van der Waals surface area contributed by atoms with Crippen LogP contribution in [0.15, 0.2) is 36.4 Å². The number of anilines is 2. The number of sulfonamides is 1. The first-order chi connectivity index (χ1) is 12.2. The van der Waals surface area contributed by atoms with Crippen LogP contribution in [0.25, 0.3) is 0 Å². The fraction of sp³-hybridized carbons (Fsp3) is 0.125. The fourth-order valence-corrected chi connectivity index (χ4v) is 4.35. The van der Waals surface area contributed by atoms with Gasteiger partial charge >= 0.3 is 0 Å². The van der Waals surface area contributed by atoms with Gasteiger partial charge in [-0.15, -0.1) is 0 Å². The summed E-state index contributed by atoms with van der Waals surface area (Å²) in [5, 5.41) is 2.32. The number of nitrogens with zero attached hydrogens (tertiary/aromatic N) is 1. The zero-order valence-corrected chi connectivity index (χ0v) is 15.3. The number of amides is 2. The Morgan fingerprint density at radius 1 is 1.12 bits per heavy atom. The second-order valence-corrected chi connectivity index (χ2v) is 8.22. The van der Waals surface area contributed by atoms with Crippen molar-refractivity contribution in [2.24, 2.45) is 0 Å². The van der Waals surface area contributed by atoms with Gasteiger partial charge in [0.25, 0.3) is 5.91 Å². The summed E-state index contributed by atoms with van der Waals surface area (Å²) < 4.78 is 37.7. The van der Waals surface area contributed by atoms with Gasteiger partial charge in [-0.1, -0.05) is 23.2 Å². The van der Waals surface area contributed by atoms with E-state index in [-0.39, 0.29) is 39.2 Å². The van der Waals surface area contributed by atoms with Crippen molar-refractivity contribution in [3.05, 3.63) is 57.8 Å². The van der Waals surface area contributed by atoms with Crippen LogP contribution in [0, 0.1) is 5.82 Å². The summed E-state index contributed by atoms with van der Waals surface area (Å²) >= 11 is 11.7. The van der Waals surface area contributed by atoms with Gasteiger partial charge in [0.15, 0.2) is 0 Å². The van der Waals surface area contributed by atoms with Crippen LogP contribution in [-0.2, 0) is 14.8 Å². The summed E-state index contributed by atoms with van der Waals surface area (Å²) in [6.07, 6.45) is -0.104. The van der Waals surface area contributed by atoms with E-state index in [1.54, 1.807) is 0 Å². The molecule has 0 spiro atoms. The van der Waals surface area contributed by atoms with Crippen LogP contribution in [0.5, 0.6) is 0 Å². The predicted molar refractivity (Wildman–Crippen MR) is 96.7 cm³/mol. The molecular weight excluding hydrogens is 406 g/mol. The van der Waals surface area contributed by atoms with Gasteiger partial charge in [-0.3, -0.25) is 9.59 Å². The van der Waals surface area contributed by atoms with Gasteiger partial charge in [0.1, 0.15) is 5.82 Å². The maximum Gasteiger partial charge on any atom is 0.257 e. The van der Waals surface area contributed by atoms with Crippen LogP contribution in [0.3, 0.4) is 0 Å². The third-order valence-corrected chi connectivity index (χ3v) is 5.98. The van der Waals surface area contributed by atoms with Crippen LogP contribution in [-0.4, -0.2) is 26.0 Å². The van der Waals surface area contributed by atoms with Crippen molar-refractivity contribution >= 4 is 56.4 Å². The molecule has 3 rings (SSSR count). The highest BCUT2D eigenvalue weighted by molar-refractivity contribution is 7.94. The number of carbonyl (C=O) groups is 2. The zero-order valence-electron chi connectivity index (χ0n) is 13.0. The molecule has 2 amide bonds. The third-order valence-electron chi connectivity index (χ3n) is 3.69.